The third-order valence-electron chi connectivity index (χ3n) is 6.79. The van der Waals surface area contributed by atoms with Crippen LogP contribution in [0, 0.1) is 0 Å². The Morgan fingerprint density at radius 3 is 2.42 bits per heavy atom. The Kier molecular flexibility index (Phi) is 4.78. The molecule has 0 N–H and O–H groups in total. The van der Waals surface area contributed by atoms with Gasteiger partial charge in [0.25, 0.3) is 0 Å². The molecule has 0 aromatic heterocycles. The van der Waals surface area contributed by atoms with Crippen molar-refractivity contribution in [1.29, 1.82) is 0 Å². The monoisotopic (exact) mass is 357 g/mol. The summed E-state index contributed by atoms with van der Waals surface area (Å²) in [5.41, 5.74) is 1.33. The minimum atomic E-state index is 0.358. The fourth-order valence-electron chi connectivity index (χ4n) is 4.95. The van der Waals surface area contributed by atoms with Crippen molar-refractivity contribution in [2.75, 3.05) is 46.1 Å². The second-order valence-electron chi connectivity index (χ2n) is 8.38. The summed E-state index contributed by atoms with van der Waals surface area (Å²) >= 11 is 0. The van der Waals surface area contributed by atoms with Gasteiger partial charge in [-0.1, -0.05) is 12.5 Å². The second-order valence-corrected chi connectivity index (χ2v) is 8.38. The molecule has 1 unspecified atom stereocenters. The van der Waals surface area contributed by atoms with Gasteiger partial charge in [-0.3, -0.25) is 14.7 Å². The number of rotatable bonds is 4. The topological polar surface area (TPSA) is 28.2 Å². The van der Waals surface area contributed by atoms with Crippen LogP contribution in [0.2, 0.25) is 0 Å². The highest BCUT2D eigenvalue weighted by atomic mass is 16.7. The first-order valence-corrected chi connectivity index (χ1v) is 10.4. The first-order chi connectivity index (χ1) is 12.8. The molecule has 1 atom stereocenters. The number of ether oxygens (including phenoxy) is 2. The standard InChI is InChI=1S/C21H31N3O2/c1-3-18(4-1)24-8-2-5-19(15-24)23-11-9-22(10-12-23)14-17-6-7-20-21(13-17)26-16-25-20/h6-7,13,18-19H,1-5,8-12,14-16H2. The van der Waals surface area contributed by atoms with Crippen molar-refractivity contribution >= 4 is 0 Å². The smallest absolute Gasteiger partial charge is 0.231 e. The molecule has 0 spiro atoms. The largest absolute Gasteiger partial charge is 0.454 e. The number of benzene rings is 1. The quantitative estimate of drug-likeness (QED) is 0.826. The molecule has 2 saturated heterocycles. The molecule has 0 bridgehead atoms. The first kappa shape index (κ1) is 16.8. The van der Waals surface area contributed by atoms with E-state index in [1.165, 1.54) is 76.9 Å². The summed E-state index contributed by atoms with van der Waals surface area (Å²) in [4.78, 5) is 8.14. The third kappa shape index (κ3) is 3.45. The summed E-state index contributed by atoms with van der Waals surface area (Å²) in [7, 11) is 0. The highest BCUT2D eigenvalue weighted by Gasteiger charge is 2.32. The van der Waals surface area contributed by atoms with Crippen molar-refractivity contribution in [3.05, 3.63) is 23.8 Å². The fourth-order valence-corrected chi connectivity index (χ4v) is 4.95. The van der Waals surface area contributed by atoms with Crippen molar-refractivity contribution < 1.29 is 9.47 Å². The molecule has 1 aliphatic carbocycles. The average molecular weight is 357 g/mol. The van der Waals surface area contributed by atoms with E-state index in [1.54, 1.807) is 0 Å². The highest BCUT2D eigenvalue weighted by Crippen LogP contribution is 2.33. The summed E-state index contributed by atoms with van der Waals surface area (Å²) in [5.74, 6) is 1.78. The molecular formula is C21H31N3O2. The Labute approximate surface area is 156 Å². The Morgan fingerprint density at radius 1 is 0.808 bits per heavy atom. The number of piperidine rings is 1. The minimum Gasteiger partial charge on any atom is -0.454 e. The van der Waals surface area contributed by atoms with Gasteiger partial charge >= 0.3 is 0 Å². The van der Waals surface area contributed by atoms with E-state index >= 15 is 0 Å². The van der Waals surface area contributed by atoms with E-state index in [1.807, 2.05) is 6.07 Å². The van der Waals surface area contributed by atoms with Gasteiger partial charge in [-0.2, -0.15) is 0 Å². The molecule has 5 nitrogen and oxygen atoms in total. The van der Waals surface area contributed by atoms with E-state index < -0.39 is 0 Å². The SMILES string of the molecule is c1cc2c(cc1CN1CCN(C3CCCN(C4CCC4)C3)CC1)OCO2. The maximum absolute atomic E-state index is 5.51. The number of likely N-dealkylation sites (tertiary alicyclic amines) is 1. The average Bonchev–Trinajstić information content (AvgIpc) is 3.09. The van der Waals surface area contributed by atoms with Crippen LogP contribution in [0.1, 0.15) is 37.7 Å². The van der Waals surface area contributed by atoms with Crippen molar-refractivity contribution in [1.82, 2.24) is 14.7 Å². The van der Waals surface area contributed by atoms with Crippen molar-refractivity contribution in [3.8, 4) is 11.5 Å². The number of fused-ring (bicyclic) bond motifs is 1. The third-order valence-corrected chi connectivity index (χ3v) is 6.79. The van der Waals surface area contributed by atoms with Crippen LogP contribution in [0.25, 0.3) is 0 Å². The molecule has 26 heavy (non-hydrogen) atoms. The van der Waals surface area contributed by atoms with Gasteiger partial charge in [-0.15, -0.1) is 0 Å². The maximum Gasteiger partial charge on any atom is 0.231 e. The zero-order chi connectivity index (χ0) is 17.3. The Balaban J connectivity index is 1.12. The fraction of sp³-hybridized carbons (Fsp3) is 0.714. The molecule has 5 rings (SSSR count). The lowest BCUT2D eigenvalue weighted by Crippen LogP contribution is -2.56. The second kappa shape index (κ2) is 7.37. The molecule has 4 aliphatic rings. The van der Waals surface area contributed by atoms with Crippen LogP contribution in [0.15, 0.2) is 18.2 Å². The maximum atomic E-state index is 5.51. The van der Waals surface area contributed by atoms with Crippen LogP contribution >= 0.6 is 0 Å². The van der Waals surface area contributed by atoms with E-state index in [-0.39, 0.29) is 0 Å². The van der Waals surface area contributed by atoms with Crippen molar-refractivity contribution in [3.63, 3.8) is 0 Å². The minimum absolute atomic E-state index is 0.358. The van der Waals surface area contributed by atoms with Gasteiger partial charge in [0.05, 0.1) is 0 Å². The molecule has 3 fully saturated rings. The normalized spacial score (nSPS) is 28.2. The van der Waals surface area contributed by atoms with Gasteiger partial charge < -0.3 is 9.47 Å². The van der Waals surface area contributed by atoms with Crippen LogP contribution in [-0.2, 0) is 6.54 Å². The molecule has 142 valence electrons. The molecule has 1 aromatic carbocycles. The van der Waals surface area contributed by atoms with Gasteiger partial charge in [0, 0.05) is 51.4 Å². The Morgan fingerprint density at radius 2 is 1.62 bits per heavy atom. The lowest BCUT2D eigenvalue weighted by Gasteiger charge is -2.47. The van der Waals surface area contributed by atoms with Crippen LogP contribution in [0.5, 0.6) is 11.5 Å². The van der Waals surface area contributed by atoms with E-state index in [0.717, 1.165) is 30.1 Å². The summed E-state index contributed by atoms with van der Waals surface area (Å²) in [6.07, 6.45) is 7.11. The van der Waals surface area contributed by atoms with Crippen molar-refractivity contribution in [2.45, 2.75) is 50.7 Å². The van der Waals surface area contributed by atoms with Crippen LogP contribution in [0.3, 0.4) is 0 Å². The molecule has 3 aliphatic heterocycles. The summed E-state index contributed by atoms with van der Waals surface area (Å²) in [6, 6.07) is 8.07. The molecular weight excluding hydrogens is 326 g/mol. The van der Waals surface area contributed by atoms with Gasteiger partial charge in [-0.05, 0) is 49.9 Å². The van der Waals surface area contributed by atoms with E-state index in [4.69, 9.17) is 9.47 Å². The summed E-state index contributed by atoms with van der Waals surface area (Å²) in [5, 5.41) is 0. The van der Waals surface area contributed by atoms with Crippen LogP contribution < -0.4 is 9.47 Å². The predicted octanol–water partition coefficient (Wildman–Crippen LogP) is 2.55. The molecule has 1 aromatic rings. The summed E-state index contributed by atoms with van der Waals surface area (Å²) in [6.45, 7) is 8.81. The van der Waals surface area contributed by atoms with E-state index in [2.05, 4.69) is 26.8 Å². The Hall–Kier alpha value is -1.30. The molecule has 3 heterocycles. The number of hydrogen-bond donors (Lipinski definition) is 0. The zero-order valence-corrected chi connectivity index (χ0v) is 15.7. The van der Waals surface area contributed by atoms with Gasteiger partial charge in [0.1, 0.15) is 0 Å². The van der Waals surface area contributed by atoms with Gasteiger partial charge in [0.2, 0.25) is 6.79 Å². The van der Waals surface area contributed by atoms with E-state index in [9.17, 15) is 0 Å². The van der Waals surface area contributed by atoms with Crippen LogP contribution in [0.4, 0.5) is 0 Å². The first-order valence-electron chi connectivity index (χ1n) is 10.4. The number of nitrogens with zero attached hydrogens (tertiary/aromatic N) is 3. The van der Waals surface area contributed by atoms with Gasteiger partial charge in [-0.25, -0.2) is 0 Å². The highest BCUT2D eigenvalue weighted by molar-refractivity contribution is 5.44. The van der Waals surface area contributed by atoms with Gasteiger partial charge in [0.15, 0.2) is 11.5 Å². The number of hydrogen-bond acceptors (Lipinski definition) is 5. The molecule has 1 saturated carbocycles. The zero-order valence-electron chi connectivity index (χ0n) is 15.7. The lowest BCUT2D eigenvalue weighted by atomic mass is 9.89. The Bertz CT molecular complexity index is 626. The lowest BCUT2D eigenvalue weighted by molar-refractivity contribution is 0.0205. The predicted molar refractivity (Wildman–Crippen MR) is 102 cm³/mol. The van der Waals surface area contributed by atoms with Crippen molar-refractivity contribution in [2.24, 2.45) is 0 Å². The molecule has 0 amide bonds. The van der Waals surface area contributed by atoms with Crippen LogP contribution in [-0.4, -0.2) is 72.8 Å². The number of piperazine rings is 1. The molecule has 0 radical (unpaired) electrons. The summed E-state index contributed by atoms with van der Waals surface area (Å²) < 4.78 is 10.9. The van der Waals surface area contributed by atoms with E-state index in [0.29, 0.717) is 6.79 Å². The molecule has 5 heteroatoms.